The number of piperidine rings is 1. The molecule has 1 aliphatic heterocycles. The third-order valence-electron chi connectivity index (χ3n) is 2.88. The number of ketones is 1. The summed E-state index contributed by atoms with van der Waals surface area (Å²) in [6, 6.07) is 0. The molecule has 0 radical (unpaired) electrons. The molecule has 1 heterocycles. The Labute approximate surface area is 99.3 Å². The van der Waals surface area contributed by atoms with E-state index in [1.54, 1.807) is 7.05 Å². The average Bonchev–Trinajstić information content (AvgIpc) is 2.14. The molecule has 0 aliphatic carbocycles. The van der Waals surface area contributed by atoms with E-state index < -0.39 is 31.3 Å². The summed E-state index contributed by atoms with van der Waals surface area (Å²) in [5.41, 5.74) is -2.11. The van der Waals surface area contributed by atoms with Gasteiger partial charge in [-0.3, -0.25) is 4.79 Å². The molecule has 0 amide bonds. The molecule has 4 N–H and O–H groups in total. The zero-order valence-corrected chi connectivity index (χ0v) is 10.4. The summed E-state index contributed by atoms with van der Waals surface area (Å²) in [5, 5.41) is 8.79. The maximum atomic E-state index is 11.9. The van der Waals surface area contributed by atoms with Gasteiger partial charge in [-0.15, -0.1) is 0 Å². The summed E-state index contributed by atoms with van der Waals surface area (Å²) >= 11 is 0. The van der Waals surface area contributed by atoms with E-state index in [0.29, 0.717) is 13.0 Å². The minimum Gasteiger partial charge on any atom is -0.478 e. The minimum absolute atomic E-state index is 0.378. The van der Waals surface area contributed by atoms with Crippen molar-refractivity contribution in [3.05, 3.63) is 0 Å². The predicted octanol–water partition coefficient (Wildman–Crippen LogP) is -0.910. The Morgan fingerprint density at radius 3 is 2.35 bits per heavy atom. The number of likely N-dealkylation sites (tertiary alicyclic amines) is 1. The summed E-state index contributed by atoms with van der Waals surface area (Å²) in [5.74, 6) is -3.06. The number of hydrogen-bond acceptors (Lipinski definition) is 6. The smallest absolute Gasteiger partial charge is 0.426 e. The number of hydrogen-bond donors (Lipinski definition) is 4. The summed E-state index contributed by atoms with van der Waals surface area (Å²) in [6.07, 6.45) is 1.25. The van der Waals surface area contributed by atoms with Gasteiger partial charge in [0.05, 0.1) is 0 Å². The van der Waals surface area contributed by atoms with Crippen LogP contribution in [0.3, 0.4) is 0 Å². The molecule has 2 unspecified atom stereocenters. The van der Waals surface area contributed by atoms with E-state index in [-0.39, 0.29) is 0 Å². The lowest BCUT2D eigenvalue weighted by atomic mass is 9.92. The number of carboxylic acids is 1. The molecule has 0 bridgehead atoms. The quantitative estimate of drug-likeness (QED) is 0.384. The first-order chi connectivity index (χ1) is 7.73. The van der Waals surface area contributed by atoms with Crippen molar-refractivity contribution in [2.24, 2.45) is 5.92 Å². The van der Waals surface area contributed by atoms with Crippen LogP contribution in [0, 0.1) is 5.92 Å². The molecule has 1 fully saturated rings. The number of carbonyl (C=O) groups excluding carboxylic acids is 1. The van der Waals surface area contributed by atoms with Crippen molar-refractivity contribution in [1.29, 1.82) is 0 Å². The SMILES string of the molecule is CN1CCCC(C(=O)C(C(=O)O)[P+](O)(O)O)C1. The monoisotopic (exact) mass is 266 g/mol. The summed E-state index contributed by atoms with van der Waals surface area (Å²) < 4.78 is 0. The van der Waals surface area contributed by atoms with Crippen molar-refractivity contribution < 1.29 is 29.4 Å². The molecule has 1 aliphatic rings. The normalized spacial score (nSPS) is 24.4. The molecule has 17 heavy (non-hydrogen) atoms. The highest BCUT2D eigenvalue weighted by molar-refractivity contribution is 7.61. The topological polar surface area (TPSA) is 118 Å². The molecule has 2 atom stereocenters. The number of Topliss-reactive ketones (excluding diaryl/α,β-unsaturated/α-hetero) is 1. The van der Waals surface area contributed by atoms with Crippen LogP contribution in [-0.4, -0.2) is 62.2 Å². The van der Waals surface area contributed by atoms with E-state index in [1.165, 1.54) is 0 Å². The van der Waals surface area contributed by atoms with Gasteiger partial charge in [-0.2, -0.15) is 14.7 Å². The van der Waals surface area contributed by atoms with Crippen molar-refractivity contribution >= 4 is 19.7 Å². The van der Waals surface area contributed by atoms with Crippen LogP contribution in [0.5, 0.6) is 0 Å². The van der Waals surface area contributed by atoms with Crippen molar-refractivity contribution in [2.75, 3.05) is 20.1 Å². The first kappa shape index (κ1) is 14.5. The second kappa shape index (κ2) is 5.37. The largest absolute Gasteiger partial charge is 0.478 e. The number of carbonyl (C=O) groups is 2. The zero-order chi connectivity index (χ0) is 13.2. The number of aliphatic carboxylic acids is 1. The highest BCUT2D eigenvalue weighted by Crippen LogP contribution is 2.51. The molecule has 0 aromatic rings. The third kappa shape index (κ3) is 3.69. The number of carboxylic acid groups (broad SMARTS) is 1. The third-order valence-corrected chi connectivity index (χ3v) is 4.04. The molecular formula is C9H17NO6P+. The highest BCUT2D eigenvalue weighted by atomic mass is 31.2. The lowest BCUT2D eigenvalue weighted by Crippen LogP contribution is -2.43. The maximum absolute atomic E-state index is 11.9. The Kier molecular flexibility index (Phi) is 4.57. The van der Waals surface area contributed by atoms with Gasteiger partial charge in [0.15, 0.2) is 5.78 Å². The van der Waals surface area contributed by atoms with E-state index in [0.717, 1.165) is 13.0 Å². The molecular weight excluding hydrogens is 249 g/mol. The van der Waals surface area contributed by atoms with Gasteiger partial charge in [-0.1, -0.05) is 0 Å². The van der Waals surface area contributed by atoms with Gasteiger partial charge >= 0.3 is 19.6 Å². The molecule has 0 aromatic carbocycles. The van der Waals surface area contributed by atoms with Crippen molar-refractivity contribution in [2.45, 2.75) is 18.5 Å². The van der Waals surface area contributed by atoms with Crippen LogP contribution in [0.2, 0.25) is 0 Å². The second-order valence-corrected chi connectivity index (χ2v) is 6.11. The second-order valence-electron chi connectivity index (χ2n) is 4.36. The Morgan fingerprint density at radius 1 is 1.35 bits per heavy atom. The van der Waals surface area contributed by atoms with Crippen LogP contribution < -0.4 is 0 Å². The fourth-order valence-corrected chi connectivity index (χ4v) is 2.91. The lowest BCUT2D eigenvalue weighted by Gasteiger charge is -2.29. The highest BCUT2D eigenvalue weighted by Gasteiger charge is 2.55. The van der Waals surface area contributed by atoms with Crippen LogP contribution in [-0.2, 0) is 9.59 Å². The Morgan fingerprint density at radius 2 is 1.94 bits per heavy atom. The van der Waals surface area contributed by atoms with Crippen molar-refractivity contribution in [1.82, 2.24) is 4.90 Å². The average molecular weight is 266 g/mol. The van der Waals surface area contributed by atoms with Gasteiger partial charge in [0.1, 0.15) is 0 Å². The van der Waals surface area contributed by atoms with Crippen LogP contribution in [0.25, 0.3) is 0 Å². The van der Waals surface area contributed by atoms with E-state index in [2.05, 4.69) is 0 Å². The molecule has 1 saturated heterocycles. The van der Waals surface area contributed by atoms with Gasteiger partial charge < -0.3 is 10.0 Å². The van der Waals surface area contributed by atoms with Crippen molar-refractivity contribution in [3.63, 3.8) is 0 Å². The lowest BCUT2D eigenvalue weighted by molar-refractivity contribution is -0.141. The first-order valence-electron chi connectivity index (χ1n) is 5.25. The first-order valence-corrected chi connectivity index (χ1v) is 6.97. The Bertz CT molecular complexity index is 315. The fourth-order valence-electron chi connectivity index (χ4n) is 2.06. The van der Waals surface area contributed by atoms with Gasteiger partial charge in [0.2, 0.25) is 0 Å². The summed E-state index contributed by atoms with van der Waals surface area (Å²) in [6.45, 7) is 1.20. The summed E-state index contributed by atoms with van der Waals surface area (Å²) in [7, 11) is -2.89. The van der Waals surface area contributed by atoms with Crippen molar-refractivity contribution in [3.8, 4) is 0 Å². The standard InChI is InChI=1S/C9H16NO6P/c1-10-4-2-3-6(5-10)7(11)8(9(12)13)17(14,15)16/h6,8,14-16H,2-5H2,1H3/p+1. The van der Waals surface area contributed by atoms with Gasteiger partial charge in [0, 0.05) is 12.5 Å². The van der Waals surface area contributed by atoms with Crippen LogP contribution in [0.1, 0.15) is 12.8 Å². The predicted molar refractivity (Wildman–Crippen MR) is 60.2 cm³/mol. The van der Waals surface area contributed by atoms with E-state index >= 15 is 0 Å². The van der Waals surface area contributed by atoms with Crippen LogP contribution in [0.15, 0.2) is 0 Å². The van der Waals surface area contributed by atoms with Gasteiger partial charge in [-0.05, 0) is 26.4 Å². The Hall–Kier alpha value is -0.590. The molecule has 7 nitrogen and oxygen atoms in total. The van der Waals surface area contributed by atoms with E-state index in [9.17, 15) is 9.59 Å². The molecule has 0 spiro atoms. The van der Waals surface area contributed by atoms with Crippen LogP contribution in [0.4, 0.5) is 0 Å². The van der Waals surface area contributed by atoms with E-state index in [4.69, 9.17) is 19.8 Å². The molecule has 98 valence electrons. The Balaban J connectivity index is 2.81. The molecule has 0 aromatic heterocycles. The maximum Gasteiger partial charge on any atom is 0.426 e. The summed E-state index contributed by atoms with van der Waals surface area (Å²) in [4.78, 5) is 51.6. The minimum atomic E-state index is -4.69. The van der Waals surface area contributed by atoms with E-state index in [1.807, 2.05) is 4.90 Å². The number of rotatable bonds is 4. The zero-order valence-electron chi connectivity index (χ0n) is 9.48. The van der Waals surface area contributed by atoms with Gasteiger partial charge in [-0.25, -0.2) is 4.79 Å². The number of nitrogens with zero attached hydrogens (tertiary/aromatic N) is 1. The fraction of sp³-hybridized carbons (Fsp3) is 0.778. The molecule has 0 saturated carbocycles. The van der Waals surface area contributed by atoms with Crippen LogP contribution >= 0.6 is 7.94 Å². The molecule has 8 heteroatoms. The van der Waals surface area contributed by atoms with Gasteiger partial charge in [0.25, 0.3) is 0 Å². The molecule has 1 rings (SSSR count).